The highest BCUT2D eigenvalue weighted by Crippen LogP contribution is 2.15. The molecule has 172 valence electrons. The van der Waals surface area contributed by atoms with Crippen molar-refractivity contribution in [1.82, 2.24) is 5.32 Å². The summed E-state index contributed by atoms with van der Waals surface area (Å²) >= 11 is 0. The van der Waals surface area contributed by atoms with Gasteiger partial charge in [-0.1, -0.05) is 142 Å². The van der Waals surface area contributed by atoms with Crippen molar-refractivity contribution >= 4 is 0 Å². The Labute approximate surface area is 184 Å². The molecule has 0 aromatic carbocycles. The standard InChI is InChI=1S/C27H54N2/c1-3-4-5-6-7-8-9-10-11-12-13-14-15-16-17-18-19-20-21-22-23-24-25-29-27(2)26-28/h27,29H,3-25H2,1-2H3. The molecule has 0 radical (unpaired) electrons. The minimum Gasteiger partial charge on any atom is -0.302 e. The van der Waals surface area contributed by atoms with Crippen molar-refractivity contribution < 1.29 is 0 Å². The monoisotopic (exact) mass is 406 g/mol. The molecule has 0 heterocycles. The van der Waals surface area contributed by atoms with Crippen molar-refractivity contribution in [2.24, 2.45) is 0 Å². The van der Waals surface area contributed by atoms with Crippen LogP contribution in [0.25, 0.3) is 0 Å². The number of nitrogens with zero attached hydrogens (tertiary/aromatic N) is 1. The highest BCUT2D eigenvalue weighted by atomic mass is 14.9. The van der Waals surface area contributed by atoms with Crippen LogP contribution in [0.2, 0.25) is 0 Å². The Morgan fingerprint density at radius 1 is 0.517 bits per heavy atom. The number of nitriles is 1. The lowest BCUT2D eigenvalue weighted by atomic mass is 10.0. The molecule has 1 N–H and O–H groups in total. The number of hydrogen-bond acceptors (Lipinski definition) is 2. The molecule has 29 heavy (non-hydrogen) atoms. The normalized spacial score (nSPS) is 12.2. The van der Waals surface area contributed by atoms with Crippen LogP contribution in [0.1, 0.15) is 155 Å². The lowest BCUT2D eigenvalue weighted by Crippen LogP contribution is -2.25. The van der Waals surface area contributed by atoms with E-state index in [1.165, 1.54) is 141 Å². The van der Waals surface area contributed by atoms with E-state index in [0.29, 0.717) is 0 Å². The molecule has 1 unspecified atom stereocenters. The van der Waals surface area contributed by atoms with E-state index >= 15 is 0 Å². The first-order chi connectivity index (χ1) is 14.3. The molecule has 0 bridgehead atoms. The van der Waals surface area contributed by atoms with Crippen molar-refractivity contribution in [3.8, 4) is 6.07 Å². The van der Waals surface area contributed by atoms with Crippen LogP contribution >= 0.6 is 0 Å². The summed E-state index contributed by atoms with van der Waals surface area (Å²) in [4.78, 5) is 0. The molecule has 0 saturated carbocycles. The predicted molar refractivity (Wildman–Crippen MR) is 130 cm³/mol. The summed E-state index contributed by atoms with van der Waals surface area (Å²) in [6, 6.07) is 2.22. The van der Waals surface area contributed by atoms with Crippen molar-refractivity contribution in [3.05, 3.63) is 0 Å². The SMILES string of the molecule is CCCCCCCCCCCCCCCCCCCCCCCCNC(C)C#N. The molecule has 0 aliphatic heterocycles. The first-order valence-corrected chi connectivity index (χ1v) is 13.4. The highest BCUT2D eigenvalue weighted by molar-refractivity contribution is 4.84. The van der Waals surface area contributed by atoms with Crippen LogP contribution in [0.4, 0.5) is 0 Å². The van der Waals surface area contributed by atoms with Gasteiger partial charge in [0.1, 0.15) is 0 Å². The van der Waals surface area contributed by atoms with Gasteiger partial charge in [-0.15, -0.1) is 0 Å². The quantitative estimate of drug-likeness (QED) is 0.162. The van der Waals surface area contributed by atoms with Gasteiger partial charge in [-0.3, -0.25) is 0 Å². The van der Waals surface area contributed by atoms with Gasteiger partial charge < -0.3 is 5.32 Å². The number of hydrogen-bond donors (Lipinski definition) is 1. The van der Waals surface area contributed by atoms with Crippen LogP contribution < -0.4 is 5.32 Å². The average Bonchev–Trinajstić information content (AvgIpc) is 2.74. The first kappa shape index (κ1) is 28.5. The van der Waals surface area contributed by atoms with Gasteiger partial charge >= 0.3 is 0 Å². The Hall–Kier alpha value is -0.550. The summed E-state index contributed by atoms with van der Waals surface area (Å²) in [5.74, 6) is 0. The van der Waals surface area contributed by atoms with Crippen molar-refractivity contribution in [2.75, 3.05) is 6.54 Å². The molecule has 0 spiro atoms. The summed E-state index contributed by atoms with van der Waals surface area (Å²) in [7, 11) is 0. The second kappa shape index (κ2) is 25.5. The van der Waals surface area contributed by atoms with E-state index in [1.54, 1.807) is 0 Å². The maximum Gasteiger partial charge on any atom is 0.0924 e. The molecule has 0 aromatic heterocycles. The molecular weight excluding hydrogens is 352 g/mol. The summed E-state index contributed by atoms with van der Waals surface area (Å²) in [6.07, 6.45) is 31.5. The van der Waals surface area contributed by atoms with Gasteiger partial charge in [0, 0.05) is 0 Å². The molecule has 0 amide bonds. The molecule has 1 atom stereocenters. The maximum atomic E-state index is 8.70. The minimum absolute atomic E-state index is 0.00454. The van der Waals surface area contributed by atoms with Gasteiger partial charge in [-0.05, 0) is 19.9 Å². The van der Waals surface area contributed by atoms with Crippen LogP contribution in [-0.2, 0) is 0 Å². The largest absolute Gasteiger partial charge is 0.302 e. The van der Waals surface area contributed by atoms with E-state index in [1.807, 2.05) is 6.92 Å². The van der Waals surface area contributed by atoms with Gasteiger partial charge in [-0.25, -0.2) is 0 Å². The lowest BCUT2D eigenvalue weighted by molar-refractivity contribution is 0.516. The van der Waals surface area contributed by atoms with E-state index in [9.17, 15) is 0 Å². The second-order valence-electron chi connectivity index (χ2n) is 9.23. The highest BCUT2D eigenvalue weighted by Gasteiger charge is 1.97. The van der Waals surface area contributed by atoms with Gasteiger partial charge in [0.05, 0.1) is 12.1 Å². The van der Waals surface area contributed by atoms with E-state index in [0.717, 1.165) is 6.54 Å². The zero-order chi connectivity index (χ0) is 21.3. The van der Waals surface area contributed by atoms with Crippen LogP contribution in [0.5, 0.6) is 0 Å². The Kier molecular flexibility index (Phi) is 25.0. The van der Waals surface area contributed by atoms with Crippen LogP contribution in [0.15, 0.2) is 0 Å². The third kappa shape index (κ3) is 25.4. The van der Waals surface area contributed by atoms with Gasteiger partial charge in [0.2, 0.25) is 0 Å². The first-order valence-electron chi connectivity index (χ1n) is 13.4. The van der Waals surface area contributed by atoms with Crippen molar-refractivity contribution in [2.45, 2.75) is 161 Å². The van der Waals surface area contributed by atoms with E-state index in [-0.39, 0.29) is 6.04 Å². The zero-order valence-corrected chi connectivity index (χ0v) is 20.3. The number of unbranched alkanes of at least 4 members (excludes halogenated alkanes) is 21. The predicted octanol–water partition coefficient (Wildman–Crippen LogP) is 9.09. The fourth-order valence-corrected chi connectivity index (χ4v) is 4.10. The molecule has 0 saturated heterocycles. The van der Waals surface area contributed by atoms with E-state index < -0.39 is 0 Å². The molecule has 2 nitrogen and oxygen atoms in total. The molecule has 0 aromatic rings. The van der Waals surface area contributed by atoms with Gasteiger partial charge in [0.15, 0.2) is 0 Å². The van der Waals surface area contributed by atoms with Crippen LogP contribution in [0, 0.1) is 11.3 Å². The Morgan fingerprint density at radius 2 is 0.793 bits per heavy atom. The minimum atomic E-state index is 0.00454. The topological polar surface area (TPSA) is 35.8 Å². The Morgan fingerprint density at radius 3 is 1.07 bits per heavy atom. The lowest BCUT2D eigenvalue weighted by Gasteiger charge is -2.06. The smallest absolute Gasteiger partial charge is 0.0924 e. The molecule has 0 aliphatic carbocycles. The average molecular weight is 407 g/mol. The molecule has 0 rings (SSSR count). The Balaban J connectivity index is 3.01. The fraction of sp³-hybridized carbons (Fsp3) is 0.963. The number of rotatable bonds is 24. The Bertz CT molecular complexity index is 334. The fourth-order valence-electron chi connectivity index (χ4n) is 4.10. The molecule has 0 aliphatic rings. The number of nitrogens with one attached hydrogen (secondary N) is 1. The third-order valence-corrected chi connectivity index (χ3v) is 6.17. The molecule has 0 fully saturated rings. The summed E-state index contributed by atoms with van der Waals surface area (Å²) in [5, 5.41) is 11.9. The maximum absolute atomic E-state index is 8.70. The van der Waals surface area contributed by atoms with Crippen LogP contribution in [0.3, 0.4) is 0 Å². The summed E-state index contributed by atoms with van der Waals surface area (Å²) < 4.78 is 0. The van der Waals surface area contributed by atoms with Crippen molar-refractivity contribution in [3.63, 3.8) is 0 Å². The summed E-state index contributed by atoms with van der Waals surface area (Å²) in [5.41, 5.74) is 0. The summed E-state index contributed by atoms with van der Waals surface area (Å²) in [6.45, 7) is 5.22. The van der Waals surface area contributed by atoms with Crippen LogP contribution in [-0.4, -0.2) is 12.6 Å². The van der Waals surface area contributed by atoms with Gasteiger partial charge in [0.25, 0.3) is 0 Å². The zero-order valence-electron chi connectivity index (χ0n) is 20.3. The third-order valence-electron chi connectivity index (χ3n) is 6.17. The van der Waals surface area contributed by atoms with E-state index in [2.05, 4.69) is 18.3 Å². The van der Waals surface area contributed by atoms with Gasteiger partial charge in [-0.2, -0.15) is 5.26 Å². The van der Waals surface area contributed by atoms with E-state index in [4.69, 9.17) is 5.26 Å². The van der Waals surface area contributed by atoms with Crippen molar-refractivity contribution in [1.29, 1.82) is 5.26 Å². The molecule has 2 heteroatoms. The molecular formula is C27H54N2. The second-order valence-corrected chi connectivity index (χ2v) is 9.23.